The fraction of sp³-hybridized carbons (Fsp3) is 0.125. The van der Waals surface area contributed by atoms with E-state index in [1.54, 1.807) is 43.6 Å². The molecule has 0 aliphatic carbocycles. The zero-order valence-corrected chi connectivity index (χ0v) is 17.7. The van der Waals surface area contributed by atoms with Crippen molar-refractivity contribution in [2.24, 2.45) is 7.05 Å². The molecule has 4 N–H and O–H groups in total. The number of hydrogen-bond donors (Lipinski definition) is 3. The molecule has 33 heavy (non-hydrogen) atoms. The van der Waals surface area contributed by atoms with Gasteiger partial charge in [-0.2, -0.15) is 5.10 Å². The number of nitrogen functional groups attached to an aromatic ring is 1. The number of aliphatic hydroxyl groups is 1. The number of aromatic nitrogens is 3. The molecule has 0 radical (unpaired) electrons. The summed E-state index contributed by atoms with van der Waals surface area (Å²) in [6.07, 6.45) is 4.40. The van der Waals surface area contributed by atoms with Crippen LogP contribution in [0.3, 0.4) is 0 Å². The molecule has 7 nitrogen and oxygen atoms in total. The van der Waals surface area contributed by atoms with Crippen molar-refractivity contribution in [1.82, 2.24) is 20.1 Å². The summed E-state index contributed by atoms with van der Waals surface area (Å²) < 4.78 is 31.8. The van der Waals surface area contributed by atoms with Crippen molar-refractivity contribution >= 4 is 11.7 Å². The third-order valence-corrected chi connectivity index (χ3v) is 5.25. The molecule has 0 aliphatic rings. The number of nitrogens with one attached hydrogen (secondary N) is 1. The molecule has 2 aromatic carbocycles. The Morgan fingerprint density at radius 2 is 1.91 bits per heavy atom. The van der Waals surface area contributed by atoms with Gasteiger partial charge < -0.3 is 16.2 Å². The van der Waals surface area contributed by atoms with Crippen molar-refractivity contribution in [1.29, 1.82) is 0 Å². The van der Waals surface area contributed by atoms with Crippen LogP contribution in [0.4, 0.5) is 14.6 Å². The van der Waals surface area contributed by atoms with Crippen LogP contribution >= 0.6 is 0 Å². The maximum atomic E-state index is 15.3. The summed E-state index contributed by atoms with van der Waals surface area (Å²) in [5.74, 6) is -2.35. The molecule has 168 valence electrons. The fourth-order valence-corrected chi connectivity index (χ4v) is 3.55. The number of rotatable bonds is 6. The van der Waals surface area contributed by atoms with Crippen LogP contribution in [0.15, 0.2) is 67.1 Å². The van der Waals surface area contributed by atoms with Gasteiger partial charge in [-0.25, -0.2) is 13.8 Å². The molecule has 0 saturated heterocycles. The number of carbonyl (C=O) groups excluding carboxylic acids is 1. The fourth-order valence-electron chi connectivity index (χ4n) is 3.55. The first-order valence-electron chi connectivity index (χ1n) is 10.1. The van der Waals surface area contributed by atoms with Gasteiger partial charge in [-0.05, 0) is 23.3 Å². The average molecular weight is 449 g/mol. The first kappa shape index (κ1) is 22.1. The third-order valence-electron chi connectivity index (χ3n) is 5.25. The molecule has 0 bridgehead atoms. The normalized spacial score (nSPS) is 11.9. The summed E-state index contributed by atoms with van der Waals surface area (Å²) in [6.45, 7) is -0.357. The molecule has 2 aromatic heterocycles. The highest BCUT2D eigenvalue weighted by Gasteiger charge is 2.21. The van der Waals surface area contributed by atoms with E-state index in [-0.39, 0.29) is 34.7 Å². The summed E-state index contributed by atoms with van der Waals surface area (Å²) in [5, 5.41) is 16.3. The Bertz CT molecular complexity index is 1310. The van der Waals surface area contributed by atoms with Gasteiger partial charge in [-0.15, -0.1) is 0 Å². The molecule has 2 heterocycles. The molecule has 4 aromatic rings. The second-order valence-corrected chi connectivity index (χ2v) is 7.46. The van der Waals surface area contributed by atoms with Crippen LogP contribution in [-0.4, -0.2) is 32.4 Å². The number of carbonyl (C=O) groups is 1. The number of amides is 1. The molecular weight excluding hydrogens is 428 g/mol. The van der Waals surface area contributed by atoms with E-state index in [2.05, 4.69) is 15.4 Å². The van der Waals surface area contributed by atoms with Gasteiger partial charge in [-0.3, -0.25) is 9.48 Å². The zero-order chi connectivity index (χ0) is 23.5. The lowest BCUT2D eigenvalue weighted by Crippen LogP contribution is -2.31. The van der Waals surface area contributed by atoms with Crippen molar-refractivity contribution in [3.63, 3.8) is 0 Å². The monoisotopic (exact) mass is 449 g/mol. The second-order valence-electron chi connectivity index (χ2n) is 7.46. The molecule has 4 rings (SSSR count). The van der Waals surface area contributed by atoms with E-state index in [9.17, 15) is 14.3 Å². The van der Waals surface area contributed by atoms with Crippen molar-refractivity contribution < 1.29 is 18.7 Å². The molecule has 1 amide bonds. The van der Waals surface area contributed by atoms with Gasteiger partial charge in [0.25, 0.3) is 5.91 Å². The molecular formula is C24H21F2N5O2. The van der Waals surface area contributed by atoms with Crippen LogP contribution in [0.5, 0.6) is 0 Å². The van der Waals surface area contributed by atoms with E-state index in [0.29, 0.717) is 11.1 Å². The minimum absolute atomic E-state index is 0.0697. The Morgan fingerprint density at radius 1 is 1.15 bits per heavy atom. The maximum Gasteiger partial charge on any atom is 0.254 e. The Morgan fingerprint density at radius 3 is 2.55 bits per heavy atom. The van der Waals surface area contributed by atoms with E-state index in [1.807, 2.05) is 0 Å². The topological polar surface area (TPSA) is 106 Å². The molecule has 1 atom stereocenters. The largest absolute Gasteiger partial charge is 0.394 e. The predicted molar refractivity (Wildman–Crippen MR) is 120 cm³/mol. The van der Waals surface area contributed by atoms with Gasteiger partial charge in [0, 0.05) is 30.6 Å². The molecule has 0 aliphatic heterocycles. The molecule has 1 unspecified atom stereocenters. The molecule has 9 heteroatoms. The van der Waals surface area contributed by atoms with Gasteiger partial charge >= 0.3 is 0 Å². The quantitative estimate of drug-likeness (QED) is 0.418. The number of hydrogen-bond acceptors (Lipinski definition) is 5. The Labute approximate surface area is 188 Å². The lowest BCUT2D eigenvalue weighted by atomic mass is 9.99. The Hall–Kier alpha value is -4.11. The van der Waals surface area contributed by atoms with Crippen LogP contribution in [0.25, 0.3) is 22.3 Å². The first-order valence-corrected chi connectivity index (χ1v) is 10.1. The number of benzene rings is 2. The summed E-state index contributed by atoms with van der Waals surface area (Å²) in [7, 11) is 1.70. The first-order chi connectivity index (χ1) is 15.9. The lowest BCUT2D eigenvalue weighted by molar-refractivity contribution is 0.0912. The molecule has 0 spiro atoms. The van der Waals surface area contributed by atoms with Crippen molar-refractivity contribution in [3.05, 3.63) is 89.9 Å². The van der Waals surface area contributed by atoms with E-state index in [0.717, 1.165) is 6.07 Å². The van der Waals surface area contributed by atoms with E-state index in [4.69, 9.17) is 5.73 Å². The highest BCUT2D eigenvalue weighted by molar-refractivity contribution is 5.95. The van der Waals surface area contributed by atoms with Gasteiger partial charge in [0.1, 0.15) is 17.5 Å². The van der Waals surface area contributed by atoms with E-state index >= 15 is 4.39 Å². The van der Waals surface area contributed by atoms with Crippen LogP contribution in [0, 0.1) is 11.6 Å². The summed E-state index contributed by atoms with van der Waals surface area (Å²) in [4.78, 5) is 16.7. The summed E-state index contributed by atoms with van der Waals surface area (Å²) in [6, 6.07) is 11.8. The van der Waals surface area contributed by atoms with Crippen LogP contribution in [-0.2, 0) is 7.05 Å². The Balaban J connectivity index is 1.65. The second kappa shape index (κ2) is 9.17. The van der Waals surface area contributed by atoms with Crippen LogP contribution < -0.4 is 11.1 Å². The van der Waals surface area contributed by atoms with Crippen molar-refractivity contribution in [3.8, 4) is 22.3 Å². The number of pyridine rings is 1. The molecule has 0 fully saturated rings. The van der Waals surface area contributed by atoms with Crippen molar-refractivity contribution in [2.75, 3.05) is 12.3 Å². The predicted octanol–water partition coefficient (Wildman–Crippen LogP) is 3.47. The van der Waals surface area contributed by atoms with E-state index < -0.39 is 23.6 Å². The smallest absolute Gasteiger partial charge is 0.254 e. The van der Waals surface area contributed by atoms with Gasteiger partial charge in [0.2, 0.25) is 0 Å². The number of nitrogens with two attached hydrogens (primary N) is 1. The minimum atomic E-state index is -0.861. The van der Waals surface area contributed by atoms with Crippen LogP contribution in [0.2, 0.25) is 0 Å². The number of anilines is 1. The third kappa shape index (κ3) is 4.44. The van der Waals surface area contributed by atoms with Gasteiger partial charge in [0.15, 0.2) is 0 Å². The maximum absolute atomic E-state index is 15.3. The SMILES string of the molecule is Cn1cc(-c2cnc(N)c(-c3ccc(C(=O)NC(CO)c4ccccc4)c(F)c3)c2F)cn1. The highest BCUT2D eigenvalue weighted by Crippen LogP contribution is 2.34. The van der Waals surface area contributed by atoms with Crippen LogP contribution in [0.1, 0.15) is 22.0 Å². The standard InChI is InChI=1S/C24H21F2N5O2/c1-31-12-16(10-29-31)18-11-28-23(27)21(22(18)26)15-7-8-17(19(25)9-15)24(33)30-20(13-32)14-5-3-2-4-6-14/h2-12,20,32H,13H2,1H3,(H2,27,28)(H,30,33). The van der Waals surface area contributed by atoms with E-state index in [1.165, 1.54) is 29.2 Å². The van der Waals surface area contributed by atoms with Gasteiger partial charge in [-0.1, -0.05) is 36.4 Å². The molecule has 0 saturated carbocycles. The minimum Gasteiger partial charge on any atom is -0.394 e. The summed E-state index contributed by atoms with van der Waals surface area (Å²) >= 11 is 0. The van der Waals surface area contributed by atoms with Gasteiger partial charge in [0.05, 0.1) is 30.0 Å². The van der Waals surface area contributed by atoms with Crippen molar-refractivity contribution in [2.45, 2.75) is 6.04 Å². The lowest BCUT2D eigenvalue weighted by Gasteiger charge is -2.17. The highest BCUT2D eigenvalue weighted by atomic mass is 19.1. The Kier molecular flexibility index (Phi) is 6.14. The number of aliphatic hydroxyl groups excluding tert-OH is 1. The zero-order valence-electron chi connectivity index (χ0n) is 17.7. The summed E-state index contributed by atoms with van der Waals surface area (Å²) in [5.41, 5.74) is 7.07. The number of halogens is 2. The average Bonchev–Trinajstić information content (AvgIpc) is 3.24. The number of nitrogens with zero attached hydrogens (tertiary/aromatic N) is 3. The number of aryl methyl sites for hydroxylation is 1.